The predicted octanol–water partition coefficient (Wildman–Crippen LogP) is 4.14. The number of carbonyl (C=O) groups is 1. The summed E-state index contributed by atoms with van der Waals surface area (Å²) in [4.78, 5) is 11.7. The fourth-order valence-electron chi connectivity index (χ4n) is 3.65. The molecule has 2 unspecified atom stereocenters. The van der Waals surface area contributed by atoms with Crippen LogP contribution in [0.1, 0.15) is 18.1 Å². The van der Waals surface area contributed by atoms with Crippen LogP contribution in [0.4, 0.5) is 13.2 Å². The Balaban J connectivity index is 2.22. The third-order valence-corrected chi connectivity index (χ3v) is 5.67. The van der Waals surface area contributed by atoms with E-state index in [1.165, 1.54) is 13.0 Å². The fourth-order valence-corrected chi connectivity index (χ4v) is 4.41. The molecule has 2 aromatic carbocycles. The van der Waals surface area contributed by atoms with Gasteiger partial charge >= 0.3 is 11.5 Å². The molecule has 0 bridgehead atoms. The first-order chi connectivity index (χ1) is 13.8. The van der Waals surface area contributed by atoms with Gasteiger partial charge in [-0.2, -0.15) is 13.2 Å². The number of ether oxygens (including phenoxy) is 2. The lowest BCUT2D eigenvalue weighted by Crippen LogP contribution is -2.54. The highest BCUT2D eigenvalue weighted by atomic mass is 32.2. The number of carbonyl (C=O) groups excluding carboxylic acids is 1. The number of alkyl halides is 3. The average Bonchev–Trinajstić information content (AvgIpc) is 2.70. The number of morpholine rings is 1. The summed E-state index contributed by atoms with van der Waals surface area (Å²) >= 11 is -0.169. The largest absolute Gasteiger partial charge is 0.464 e. The minimum absolute atomic E-state index is 0.0604. The maximum Gasteiger partial charge on any atom is 0.446 e. The zero-order valence-electron chi connectivity index (χ0n) is 15.9. The van der Waals surface area contributed by atoms with Crippen molar-refractivity contribution in [2.24, 2.45) is 0 Å². The zero-order chi connectivity index (χ0) is 20.9. The van der Waals surface area contributed by atoms with E-state index in [0.29, 0.717) is 25.3 Å². The van der Waals surface area contributed by atoms with E-state index >= 15 is 0 Å². The Labute approximate surface area is 171 Å². The molecule has 29 heavy (non-hydrogen) atoms. The van der Waals surface area contributed by atoms with Crippen molar-refractivity contribution in [3.8, 4) is 0 Å². The predicted molar refractivity (Wildman–Crippen MR) is 105 cm³/mol. The Morgan fingerprint density at radius 1 is 1.17 bits per heavy atom. The Hall–Kier alpha value is -2.03. The number of esters is 1. The molecule has 1 aliphatic rings. The first-order valence-electron chi connectivity index (χ1n) is 9.19. The molecule has 1 aliphatic heterocycles. The average molecular weight is 425 g/mol. The lowest BCUT2D eigenvalue weighted by Gasteiger charge is -2.43. The van der Waals surface area contributed by atoms with E-state index < -0.39 is 23.0 Å². The number of hydrogen-bond acceptors (Lipinski definition) is 5. The Kier molecular flexibility index (Phi) is 6.87. The van der Waals surface area contributed by atoms with Gasteiger partial charge in [-0.25, -0.2) is 0 Å². The zero-order valence-corrected chi connectivity index (χ0v) is 16.7. The van der Waals surface area contributed by atoms with Crippen molar-refractivity contribution < 1.29 is 27.4 Å². The van der Waals surface area contributed by atoms with Gasteiger partial charge in [0.15, 0.2) is 0 Å². The van der Waals surface area contributed by atoms with Gasteiger partial charge in [0.05, 0.1) is 18.1 Å². The second-order valence-electron chi connectivity index (χ2n) is 6.73. The van der Waals surface area contributed by atoms with Crippen LogP contribution in [0.3, 0.4) is 0 Å². The molecule has 1 fully saturated rings. The van der Waals surface area contributed by atoms with Crippen molar-refractivity contribution in [2.75, 3.05) is 26.3 Å². The number of rotatable bonds is 6. The Morgan fingerprint density at radius 2 is 1.86 bits per heavy atom. The molecule has 0 aliphatic carbocycles. The molecule has 0 radical (unpaired) electrons. The van der Waals surface area contributed by atoms with Gasteiger partial charge in [0.1, 0.15) is 6.61 Å². The number of thioether (sulfide) groups is 1. The highest BCUT2D eigenvalue weighted by Gasteiger charge is 2.47. The summed E-state index contributed by atoms with van der Waals surface area (Å²) in [6, 6.07) is 15.5. The van der Waals surface area contributed by atoms with Crippen LogP contribution in [0, 0.1) is 0 Å². The summed E-state index contributed by atoms with van der Waals surface area (Å²) in [5.41, 5.74) is -4.41. The third-order valence-electron chi connectivity index (χ3n) is 4.86. The van der Waals surface area contributed by atoms with Crippen LogP contribution in [0.2, 0.25) is 0 Å². The van der Waals surface area contributed by atoms with E-state index in [1.807, 2.05) is 30.3 Å². The van der Waals surface area contributed by atoms with Crippen LogP contribution < -0.4 is 5.32 Å². The minimum atomic E-state index is -4.45. The van der Waals surface area contributed by atoms with E-state index in [0.717, 1.165) is 5.56 Å². The molecule has 0 spiro atoms. The quantitative estimate of drug-likeness (QED) is 0.557. The fraction of sp³-hybridized carbons (Fsp3) is 0.381. The van der Waals surface area contributed by atoms with Gasteiger partial charge < -0.3 is 14.8 Å². The molecule has 156 valence electrons. The lowest BCUT2D eigenvalue weighted by molar-refractivity contribution is -0.144. The van der Waals surface area contributed by atoms with E-state index in [1.54, 1.807) is 18.2 Å². The number of nitrogens with one attached hydrogen (secondary N) is 1. The van der Waals surface area contributed by atoms with Crippen molar-refractivity contribution in [3.63, 3.8) is 0 Å². The van der Waals surface area contributed by atoms with Gasteiger partial charge in [-0.3, -0.25) is 4.79 Å². The second kappa shape index (κ2) is 9.19. The summed E-state index contributed by atoms with van der Waals surface area (Å²) in [5.74, 6) is -0.505. The van der Waals surface area contributed by atoms with Crippen LogP contribution in [0.25, 0.3) is 0 Å². The highest BCUT2D eigenvalue weighted by molar-refractivity contribution is 8.00. The number of hydrogen-bond donors (Lipinski definition) is 1. The summed E-state index contributed by atoms with van der Waals surface area (Å²) in [5, 5.41) is 3.24. The van der Waals surface area contributed by atoms with Gasteiger partial charge in [0.25, 0.3) is 0 Å². The molecule has 2 atom stereocenters. The summed E-state index contributed by atoms with van der Waals surface area (Å²) in [6.45, 7) is 2.63. The first kappa shape index (κ1) is 21.7. The minimum Gasteiger partial charge on any atom is -0.464 e. The van der Waals surface area contributed by atoms with Crippen LogP contribution >= 0.6 is 11.8 Å². The molecular weight excluding hydrogens is 403 g/mol. The molecule has 0 aromatic heterocycles. The SMILES string of the molecule is CC(=O)OCC(c1ccccc1)(c1ccccc1SC(F)(F)F)C1CNCCO1. The first-order valence-corrected chi connectivity index (χ1v) is 10.0. The van der Waals surface area contributed by atoms with Crippen molar-refractivity contribution in [2.45, 2.75) is 28.8 Å². The molecule has 4 nitrogen and oxygen atoms in total. The molecular formula is C21H22F3NO3S. The van der Waals surface area contributed by atoms with Crippen molar-refractivity contribution in [1.82, 2.24) is 5.32 Å². The molecule has 3 rings (SSSR count). The van der Waals surface area contributed by atoms with Crippen molar-refractivity contribution in [3.05, 3.63) is 65.7 Å². The Morgan fingerprint density at radius 3 is 2.48 bits per heavy atom. The van der Waals surface area contributed by atoms with E-state index in [-0.39, 0.29) is 23.3 Å². The molecule has 1 N–H and O–H groups in total. The van der Waals surface area contributed by atoms with Gasteiger partial charge in [-0.05, 0) is 29.0 Å². The van der Waals surface area contributed by atoms with Gasteiger partial charge in [-0.1, -0.05) is 48.5 Å². The van der Waals surface area contributed by atoms with Crippen LogP contribution in [0.15, 0.2) is 59.5 Å². The van der Waals surface area contributed by atoms with E-state index in [4.69, 9.17) is 9.47 Å². The van der Waals surface area contributed by atoms with Gasteiger partial charge in [0, 0.05) is 24.9 Å². The van der Waals surface area contributed by atoms with E-state index in [9.17, 15) is 18.0 Å². The van der Waals surface area contributed by atoms with E-state index in [2.05, 4.69) is 5.32 Å². The summed E-state index contributed by atoms with van der Waals surface area (Å²) in [7, 11) is 0. The number of benzene rings is 2. The van der Waals surface area contributed by atoms with Crippen LogP contribution in [-0.2, 0) is 19.7 Å². The topological polar surface area (TPSA) is 47.6 Å². The highest BCUT2D eigenvalue weighted by Crippen LogP contribution is 2.46. The maximum atomic E-state index is 13.3. The molecule has 2 aromatic rings. The lowest BCUT2D eigenvalue weighted by atomic mass is 9.70. The van der Waals surface area contributed by atoms with Crippen molar-refractivity contribution >= 4 is 17.7 Å². The summed E-state index contributed by atoms with van der Waals surface area (Å²) < 4.78 is 51.3. The summed E-state index contributed by atoms with van der Waals surface area (Å²) in [6.07, 6.45) is -0.520. The molecule has 8 heteroatoms. The molecule has 0 amide bonds. The van der Waals surface area contributed by atoms with Crippen molar-refractivity contribution in [1.29, 1.82) is 0 Å². The number of halogens is 3. The second-order valence-corrected chi connectivity index (χ2v) is 7.83. The smallest absolute Gasteiger partial charge is 0.446 e. The molecule has 0 saturated carbocycles. The standard InChI is InChI=1S/C21H22F3NO3S/c1-15(26)28-14-20(16-7-3-2-4-8-16,19-13-25-11-12-27-19)17-9-5-6-10-18(17)29-21(22,23)24/h2-10,19,25H,11-14H2,1H3. The van der Waals surface area contributed by atoms with Crippen LogP contribution in [-0.4, -0.2) is 43.9 Å². The van der Waals surface area contributed by atoms with Crippen LogP contribution in [0.5, 0.6) is 0 Å². The Bertz CT molecular complexity index is 825. The maximum absolute atomic E-state index is 13.3. The third kappa shape index (κ3) is 5.12. The normalized spacial score (nSPS) is 19.4. The van der Waals surface area contributed by atoms with Gasteiger partial charge in [-0.15, -0.1) is 0 Å². The molecule has 1 heterocycles. The monoisotopic (exact) mass is 425 g/mol. The van der Waals surface area contributed by atoms with Gasteiger partial charge in [0.2, 0.25) is 0 Å². The molecule has 1 saturated heterocycles.